The first-order valence-electron chi connectivity index (χ1n) is 9.41. The molecule has 0 nitrogen and oxygen atoms in total. The van der Waals surface area contributed by atoms with Crippen molar-refractivity contribution in [3.05, 3.63) is 66.8 Å². The van der Waals surface area contributed by atoms with Gasteiger partial charge in [-0.3, -0.25) is 0 Å². The number of hydrogen-bond acceptors (Lipinski definition) is 0. The summed E-state index contributed by atoms with van der Waals surface area (Å²) in [7, 11) is 0. The van der Waals surface area contributed by atoms with Gasteiger partial charge in [0.25, 0.3) is 0 Å². The van der Waals surface area contributed by atoms with Gasteiger partial charge in [0.1, 0.15) is 0 Å². The summed E-state index contributed by atoms with van der Waals surface area (Å²) in [5, 5.41) is 0. The molecule has 24 heavy (non-hydrogen) atoms. The normalized spacial score (nSPS) is 14.0. The van der Waals surface area contributed by atoms with E-state index >= 15 is 0 Å². The third-order valence-electron chi connectivity index (χ3n) is 7.12. The fourth-order valence-electron chi connectivity index (χ4n) is 4.71. The van der Waals surface area contributed by atoms with Crippen LogP contribution >= 0.6 is 0 Å². The molecule has 0 N–H and O–H groups in total. The molecule has 0 aliphatic heterocycles. The van der Waals surface area contributed by atoms with E-state index < -0.39 is 0 Å². The second-order valence-corrected chi connectivity index (χ2v) is 7.94. The van der Waals surface area contributed by atoms with Crippen molar-refractivity contribution in [1.29, 1.82) is 0 Å². The van der Waals surface area contributed by atoms with Crippen molar-refractivity contribution in [2.75, 3.05) is 0 Å². The zero-order chi connectivity index (χ0) is 17.8. The summed E-state index contributed by atoms with van der Waals surface area (Å²) in [6, 6.07) is 0. The summed E-state index contributed by atoms with van der Waals surface area (Å²) < 4.78 is 0. The lowest BCUT2D eigenvalue weighted by Gasteiger charge is -2.27. The third kappa shape index (κ3) is 2.42. The van der Waals surface area contributed by atoms with Crippen LogP contribution in [0.15, 0.2) is 0 Å². The van der Waals surface area contributed by atoms with Crippen molar-refractivity contribution in [1.82, 2.24) is 0 Å². The Balaban J connectivity index is 2.31. The van der Waals surface area contributed by atoms with Crippen LogP contribution in [0.25, 0.3) is 0 Å². The van der Waals surface area contributed by atoms with Crippen LogP contribution in [0.4, 0.5) is 0 Å². The van der Waals surface area contributed by atoms with Gasteiger partial charge in [-0.25, -0.2) is 0 Å². The van der Waals surface area contributed by atoms with Crippen LogP contribution in [0, 0.1) is 55.4 Å². The van der Waals surface area contributed by atoms with E-state index in [9.17, 15) is 0 Å². The fraction of sp³-hybridized carbons (Fsp3) is 0.500. The van der Waals surface area contributed by atoms with Crippen molar-refractivity contribution in [2.24, 2.45) is 0 Å². The van der Waals surface area contributed by atoms with Gasteiger partial charge in [-0.15, -0.1) is 0 Å². The summed E-state index contributed by atoms with van der Waals surface area (Å²) in [5.74, 6) is 0. The van der Waals surface area contributed by atoms with E-state index in [0.29, 0.717) is 0 Å². The number of hydrogen-bond donors (Lipinski definition) is 0. The Labute approximate surface area is 148 Å². The molecule has 0 unspecified atom stereocenters. The summed E-state index contributed by atoms with van der Waals surface area (Å²) >= 11 is 0. The summed E-state index contributed by atoms with van der Waals surface area (Å²) in [6.07, 6.45) is 4.85. The smallest absolute Gasteiger partial charge is 0.00147 e. The Hall–Kier alpha value is -1.56. The Kier molecular flexibility index (Phi) is 4.36. The highest BCUT2D eigenvalue weighted by Gasteiger charge is 2.22. The van der Waals surface area contributed by atoms with Gasteiger partial charge in [0.15, 0.2) is 0 Å². The molecule has 0 saturated carbocycles. The van der Waals surface area contributed by atoms with Crippen molar-refractivity contribution < 1.29 is 0 Å². The van der Waals surface area contributed by atoms with Gasteiger partial charge in [0, 0.05) is 0 Å². The van der Waals surface area contributed by atoms with Crippen LogP contribution in [-0.2, 0) is 19.3 Å². The average Bonchev–Trinajstić information content (AvgIpc) is 2.55. The molecule has 3 rings (SSSR count). The van der Waals surface area contributed by atoms with Crippen LogP contribution in [-0.4, -0.2) is 0 Å². The Morgan fingerprint density at radius 1 is 0.375 bits per heavy atom. The predicted molar refractivity (Wildman–Crippen MR) is 106 cm³/mol. The van der Waals surface area contributed by atoms with Gasteiger partial charge in [0.2, 0.25) is 0 Å². The zero-order valence-electron chi connectivity index (χ0n) is 16.8. The Bertz CT molecular complexity index is 765. The maximum absolute atomic E-state index is 2.34. The van der Waals surface area contributed by atoms with Crippen molar-refractivity contribution in [2.45, 2.75) is 81.1 Å². The van der Waals surface area contributed by atoms with Crippen LogP contribution < -0.4 is 0 Å². The highest BCUT2D eigenvalue weighted by Crippen LogP contribution is 2.36. The second kappa shape index (κ2) is 6.06. The Morgan fingerprint density at radius 3 is 1.00 bits per heavy atom. The van der Waals surface area contributed by atoms with E-state index in [2.05, 4.69) is 55.4 Å². The molecule has 0 saturated heterocycles. The molecule has 1 aliphatic carbocycles. The number of benzene rings is 2. The van der Waals surface area contributed by atoms with E-state index in [1.807, 2.05) is 0 Å². The molecule has 0 amide bonds. The largest absolute Gasteiger partial charge is 0.0451 e. The minimum Gasteiger partial charge on any atom is -0.0451 e. The van der Waals surface area contributed by atoms with Crippen molar-refractivity contribution in [3.63, 3.8) is 0 Å². The van der Waals surface area contributed by atoms with E-state index in [-0.39, 0.29) is 0 Å². The molecule has 0 heterocycles. The molecule has 0 aromatic heterocycles. The zero-order valence-corrected chi connectivity index (χ0v) is 16.8. The second-order valence-electron chi connectivity index (χ2n) is 7.94. The first-order valence-corrected chi connectivity index (χ1v) is 9.41. The Morgan fingerprint density at radius 2 is 0.667 bits per heavy atom. The van der Waals surface area contributed by atoms with Crippen LogP contribution in [0.3, 0.4) is 0 Å². The maximum atomic E-state index is 2.34. The lowest BCUT2D eigenvalue weighted by Crippen LogP contribution is -2.14. The standard InChI is InChI=1S/C24H32/c1-13-15(3)19(7)23-12-24-20(8)16(4)14(2)18(6)22(24)11-9-10-21(23)17(13)5/h9-12H2,1-8H3. The van der Waals surface area contributed by atoms with E-state index in [1.165, 1.54) is 63.8 Å². The lowest BCUT2D eigenvalue weighted by atomic mass is 9.77. The van der Waals surface area contributed by atoms with E-state index in [4.69, 9.17) is 0 Å². The van der Waals surface area contributed by atoms with Crippen molar-refractivity contribution >= 4 is 0 Å². The molecule has 0 atom stereocenters. The highest BCUT2D eigenvalue weighted by atomic mass is 14.3. The predicted octanol–water partition coefficient (Wildman–Crippen LogP) is 6.23. The van der Waals surface area contributed by atoms with Gasteiger partial charge in [-0.2, -0.15) is 0 Å². The molecule has 0 fully saturated rings. The first-order chi connectivity index (χ1) is 11.3. The molecule has 0 radical (unpaired) electrons. The molecule has 0 bridgehead atoms. The molecular weight excluding hydrogens is 288 g/mol. The van der Waals surface area contributed by atoms with E-state index in [0.717, 1.165) is 6.42 Å². The van der Waals surface area contributed by atoms with Gasteiger partial charge >= 0.3 is 0 Å². The molecule has 1 aliphatic rings. The van der Waals surface area contributed by atoms with E-state index in [1.54, 1.807) is 22.3 Å². The summed E-state index contributed by atoms with van der Waals surface area (Å²) in [4.78, 5) is 0. The molecule has 0 heteroatoms. The van der Waals surface area contributed by atoms with Crippen LogP contribution in [0.1, 0.15) is 73.2 Å². The number of fused-ring (bicyclic) bond motifs is 2. The first kappa shape index (κ1) is 17.3. The average molecular weight is 321 g/mol. The van der Waals surface area contributed by atoms with Gasteiger partial charge < -0.3 is 0 Å². The monoisotopic (exact) mass is 320 g/mol. The quantitative estimate of drug-likeness (QED) is 0.539. The lowest BCUT2D eigenvalue weighted by molar-refractivity contribution is 0.770. The summed E-state index contributed by atoms with van der Waals surface area (Å²) in [6.45, 7) is 18.5. The van der Waals surface area contributed by atoms with Gasteiger partial charge in [0.05, 0.1) is 0 Å². The SMILES string of the molecule is Cc1c(C)c(C)c2c(c1C)CCCc1c(C)c(C)c(C)c(C)c1C2. The molecule has 0 spiro atoms. The molecular formula is C24H32. The summed E-state index contributed by atoms with van der Waals surface area (Å²) in [5.41, 5.74) is 18.6. The van der Waals surface area contributed by atoms with Gasteiger partial charge in [-0.05, 0) is 148 Å². The highest BCUT2D eigenvalue weighted by molar-refractivity contribution is 5.57. The van der Waals surface area contributed by atoms with Crippen molar-refractivity contribution in [3.8, 4) is 0 Å². The fourth-order valence-corrected chi connectivity index (χ4v) is 4.71. The molecule has 2 aromatic rings. The van der Waals surface area contributed by atoms with Crippen LogP contribution in [0.2, 0.25) is 0 Å². The van der Waals surface area contributed by atoms with Gasteiger partial charge in [-0.1, -0.05) is 0 Å². The molecule has 128 valence electrons. The van der Waals surface area contributed by atoms with Crippen LogP contribution in [0.5, 0.6) is 0 Å². The molecule has 2 aromatic carbocycles. The maximum Gasteiger partial charge on any atom is -0.00147 e. The topological polar surface area (TPSA) is 0 Å². The number of rotatable bonds is 0. The third-order valence-corrected chi connectivity index (χ3v) is 7.12. The minimum absolute atomic E-state index is 1.12. The minimum atomic E-state index is 1.12.